The Morgan fingerprint density at radius 3 is 2.59 bits per heavy atom. The molecule has 0 unspecified atom stereocenters. The van der Waals surface area contributed by atoms with Crippen LogP contribution < -0.4 is 5.56 Å². The van der Waals surface area contributed by atoms with Gasteiger partial charge in [0.2, 0.25) is 5.56 Å². The Bertz CT molecular complexity index is 1320. The molecule has 162 valence electrons. The zero-order valence-electron chi connectivity index (χ0n) is 17.3. The third kappa shape index (κ3) is 4.19. The smallest absolute Gasteiger partial charge is 0.254 e. The monoisotopic (exact) mass is 448 g/mol. The van der Waals surface area contributed by atoms with E-state index in [1.807, 2.05) is 28.5 Å². The van der Waals surface area contributed by atoms with Gasteiger partial charge in [0.05, 0.1) is 11.3 Å². The third-order valence-corrected chi connectivity index (χ3v) is 6.61. The number of amides is 1. The number of nitrogens with zero attached hydrogens (tertiary/aromatic N) is 3. The molecule has 8 heteroatoms. The first-order chi connectivity index (χ1) is 15.6. The molecule has 0 aliphatic carbocycles. The number of carbonyl (C=O) groups excluding carboxylic acids is 1. The molecular weight excluding hydrogens is 427 g/mol. The molecule has 2 aromatic heterocycles. The van der Waals surface area contributed by atoms with E-state index in [9.17, 15) is 14.0 Å². The lowest BCUT2D eigenvalue weighted by Gasteiger charge is -2.34. The predicted molar refractivity (Wildman–Crippen MR) is 123 cm³/mol. The number of para-hydroxylation sites is 1. The number of halogens is 1. The molecule has 4 aromatic rings. The SMILES string of the molecule is O=C(c1cc(=O)[nH]c2ccccc12)N1CCN(Cc2csc(-c3ccc(F)cc3)n2)CC1. The largest absolute Gasteiger partial charge is 0.336 e. The highest BCUT2D eigenvalue weighted by Gasteiger charge is 2.24. The first-order valence-corrected chi connectivity index (χ1v) is 11.3. The number of nitrogens with one attached hydrogen (secondary N) is 1. The third-order valence-electron chi connectivity index (χ3n) is 5.67. The van der Waals surface area contributed by atoms with Gasteiger partial charge in [0.1, 0.15) is 10.8 Å². The second-order valence-corrected chi connectivity index (χ2v) is 8.67. The van der Waals surface area contributed by atoms with Gasteiger partial charge >= 0.3 is 0 Å². The van der Waals surface area contributed by atoms with E-state index in [1.54, 1.807) is 29.5 Å². The lowest BCUT2D eigenvalue weighted by molar-refractivity contribution is 0.0629. The Kier molecular flexibility index (Phi) is 5.55. The number of aromatic amines is 1. The van der Waals surface area contributed by atoms with Crippen molar-refractivity contribution in [3.8, 4) is 10.6 Å². The summed E-state index contributed by atoms with van der Waals surface area (Å²) in [6, 6.07) is 15.1. The average Bonchev–Trinajstić information content (AvgIpc) is 3.27. The lowest BCUT2D eigenvalue weighted by Crippen LogP contribution is -2.48. The van der Waals surface area contributed by atoms with Gasteiger partial charge in [-0.3, -0.25) is 14.5 Å². The number of pyridine rings is 1. The highest BCUT2D eigenvalue weighted by Crippen LogP contribution is 2.25. The fourth-order valence-corrected chi connectivity index (χ4v) is 4.81. The highest BCUT2D eigenvalue weighted by atomic mass is 32.1. The van der Waals surface area contributed by atoms with Crippen LogP contribution in [0, 0.1) is 5.82 Å². The van der Waals surface area contributed by atoms with E-state index in [0.29, 0.717) is 30.7 Å². The number of benzene rings is 2. The Labute approximate surface area is 187 Å². The van der Waals surface area contributed by atoms with E-state index in [4.69, 9.17) is 0 Å². The van der Waals surface area contributed by atoms with Crippen molar-refractivity contribution in [1.82, 2.24) is 19.8 Å². The van der Waals surface area contributed by atoms with Gasteiger partial charge < -0.3 is 9.88 Å². The fourth-order valence-electron chi connectivity index (χ4n) is 3.99. The zero-order valence-corrected chi connectivity index (χ0v) is 18.1. The van der Waals surface area contributed by atoms with Gasteiger partial charge in [-0.1, -0.05) is 18.2 Å². The number of aromatic nitrogens is 2. The molecule has 1 aliphatic heterocycles. The molecule has 3 heterocycles. The molecule has 0 saturated carbocycles. The summed E-state index contributed by atoms with van der Waals surface area (Å²) in [5.41, 5.74) is 2.72. The Hall–Kier alpha value is -3.36. The summed E-state index contributed by atoms with van der Waals surface area (Å²) in [5.74, 6) is -0.370. The summed E-state index contributed by atoms with van der Waals surface area (Å²) < 4.78 is 13.1. The van der Waals surface area contributed by atoms with Crippen LogP contribution in [-0.2, 0) is 6.54 Å². The average molecular weight is 449 g/mol. The first-order valence-electron chi connectivity index (χ1n) is 10.4. The molecule has 5 rings (SSSR count). The van der Waals surface area contributed by atoms with Gasteiger partial charge in [-0.25, -0.2) is 9.37 Å². The van der Waals surface area contributed by atoms with Gasteiger partial charge in [-0.05, 0) is 30.3 Å². The fraction of sp³-hybridized carbons (Fsp3) is 0.208. The van der Waals surface area contributed by atoms with E-state index in [1.165, 1.54) is 18.2 Å². The van der Waals surface area contributed by atoms with Gasteiger partial charge in [-0.2, -0.15) is 0 Å². The predicted octanol–water partition coefficient (Wildman–Crippen LogP) is 3.75. The van der Waals surface area contributed by atoms with E-state index < -0.39 is 0 Å². The molecule has 1 amide bonds. The van der Waals surface area contributed by atoms with Crippen LogP contribution in [0.4, 0.5) is 4.39 Å². The van der Waals surface area contributed by atoms with Crippen molar-refractivity contribution < 1.29 is 9.18 Å². The van der Waals surface area contributed by atoms with E-state index >= 15 is 0 Å². The molecule has 1 fully saturated rings. The summed E-state index contributed by atoms with van der Waals surface area (Å²) in [4.78, 5) is 36.7. The minimum Gasteiger partial charge on any atom is -0.336 e. The maximum absolute atomic E-state index is 13.1. The maximum atomic E-state index is 13.1. The van der Waals surface area contributed by atoms with Crippen molar-refractivity contribution in [3.05, 3.63) is 87.4 Å². The van der Waals surface area contributed by atoms with Crippen LogP contribution >= 0.6 is 11.3 Å². The molecule has 6 nitrogen and oxygen atoms in total. The molecule has 0 atom stereocenters. The van der Waals surface area contributed by atoms with Gasteiger partial charge in [0.15, 0.2) is 0 Å². The van der Waals surface area contributed by atoms with E-state index in [-0.39, 0.29) is 17.3 Å². The van der Waals surface area contributed by atoms with Crippen molar-refractivity contribution in [1.29, 1.82) is 0 Å². The van der Waals surface area contributed by atoms with Gasteiger partial charge in [-0.15, -0.1) is 11.3 Å². The Morgan fingerprint density at radius 1 is 1.06 bits per heavy atom. The normalized spacial score (nSPS) is 14.7. The molecule has 0 spiro atoms. The van der Waals surface area contributed by atoms with Crippen LogP contribution in [0.2, 0.25) is 0 Å². The second kappa shape index (κ2) is 8.64. The van der Waals surface area contributed by atoms with Crippen LogP contribution in [0.5, 0.6) is 0 Å². The zero-order chi connectivity index (χ0) is 22.1. The van der Waals surface area contributed by atoms with Crippen LogP contribution in [0.15, 0.2) is 64.8 Å². The van der Waals surface area contributed by atoms with Gasteiger partial charge in [0.25, 0.3) is 5.91 Å². The van der Waals surface area contributed by atoms with E-state index in [2.05, 4.69) is 14.9 Å². The molecule has 2 aromatic carbocycles. The summed E-state index contributed by atoms with van der Waals surface area (Å²) in [6.45, 7) is 3.35. The number of H-pyrrole nitrogens is 1. The summed E-state index contributed by atoms with van der Waals surface area (Å²) in [7, 11) is 0. The molecule has 1 aliphatic rings. The first kappa shape index (κ1) is 20.5. The Balaban J connectivity index is 1.24. The number of hydrogen-bond donors (Lipinski definition) is 1. The summed E-state index contributed by atoms with van der Waals surface area (Å²) in [5, 5.41) is 3.66. The number of hydrogen-bond acceptors (Lipinski definition) is 5. The lowest BCUT2D eigenvalue weighted by atomic mass is 10.1. The maximum Gasteiger partial charge on any atom is 0.254 e. The highest BCUT2D eigenvalue weighted by molar-refractivity contribution is 7.13. The minimum absolute atomic E-state index is 0.112. The molecular formula is C24H21FN4O2S. The number of piperazine rings is 1. The van der Waals surface area contributed by atoms with Crippen LogP contribution in [0.1, 0.15) is 16.1 Å². The van der Waals surface area contributed by atoms with Crippen LogP contribution in [0.3, 0.4) is 0 Å². The van der Waals surface area contributed by atoms with Crippen LogP contribution in [-0.4, -0.2) is 51.9 Å². The number of rotatable bonds is 4. The standard InChI is InChI=1S/C24H21FN4O2S/c25-17-7-5-16(6-8-17)23-26-18(15-32-23)14-28-9-11-29(12-10-28)24(31)20-13-22(30)27-21-4-2-1-3-19(20)21/h1-8,13,15H,9-12,14H2,(H,27,30). The molecule has 0 bridgehead atoms. The summed E-state index contributed by atoms with van der Waals surface area (Å²) >= 11 is 1.54. The van der Waals surface area contributed by atoms with Crippen molar-refractivity contribution >= 4 is 28.1 Å². The van der Waals surface area contributed by atoms with Crippen molar-refractivity contribution in [2.75, 3.05) is 26.2 Å². The van der Waals surface area contributed by atoms with Crippen molar-refractivity contribution in [3.63, 3.8) is 0 Å². The summed E-state index contributed by atoms with van der Waals surface area (Å²) in [6.07, 6.45) is 0. The second-order valence-electron chi connectivity index (χ2n) is 7.81. The van der Waals surface area contributed by atoms with Crippen molar-refractivity contribution in [2.24, 2.45) is 0 Å². The quantitative estimate of drug-likeness (QED) is 0.516. The number of carbonyl (C=O) groups is 1. The molecule has 32 heavy (non-hydrogen) atoms. The number of thiazole rings is 1. The van der Waals surface area contributed by atoms with E-state index in [0.717, 1.165) is 34.7 Å². The number of fused-ring (bicyclic) bond motifs is 1. The van der Waals surface area contributed by atoms with Crippen LogP contribution in [0.25, 0.3) is 21.5 Å². The Morgan fingerprint density at radius 2 is 1.81 bits per heavy atom. The molecule has 1 N–H and O–H groups in total. The van der Waals surface area contributed by atoms with Gasteiger partial charge in [0, 0.05) is 60.6 Å². The minimum atomic E-state index is -0.272. The topological polar surface area (TPSA) is 69.3 Å². The molecule has 0 radical (unpaired) electrons. The van der Waals surface area contributed by atoms with Crippen molar-refractivity contribution in [2.45, 2.75) is 6.54 Å². The molecule has 1 saturated heterocycles.